The topological polar surface area (TPSA) is 58.2 Å². The van der Waals surface area contributed by atoms with E-state index in [2.05, 4.69) is 10.9 Å². The quantitative estimate of drug-likeness (QED) is 0.841. The van der Waals surface area contributed by atoms with E-state index in [4.69, 9.17) is 0 Å². The van der Waals surface area contributed by atoms with Crippen LogP contribution in [0.5, 0.6) is 0 Å². The molecular formula is C16H15FN2O2. The van der Waals surface area contributed by atoms with Crippen LogP contribution in [0, 0.1) is 5.82 Å². The Hall–Kier alpha value is -2.69. The average Bonchev–Trinajstić information content (AvgIpc) is 2.46. The van der Waals surface area contributed by atoms with Gasteiger partial charge in [0.15, 0.2) is 0 Å². The Morgan fingerprint density at radius 3 is 2.00 bits per heavy atom. The lowest BCUT2D eigenvalue weighted by Gasteiger charge is -2.07. The van der Waals surface area contributed by atoms with Crippen LogP contribution >= 0.6 is 0 Å². The molecule has 0 aliphatic rings. The monoisotopic (exact) mass is 286 g/mol. The van der Waals surface area contributed by atoms with Crippen LogP contribution in [0.25, 0.3) is 0 Å². The van der Waals surface area contributed by atoms with Crippen LogP contribution in [0.2, 0.25) is 0 Å². The lowest BCUT2D eigenvalue weighted by Crippen LogP contribution is -2.43. The zero-order valence-electron chi connectivity index (χ0n) is 11.3. The van der Waals surface area contributed by atoms with E-state index in [1.165, 1.54) is 18.2 Å². The van der Waals surface area contributed by atoms with Crippen molar-refractivity contribution in [2.75, 3.05) is 0 Å². The van der Waals surface area contributed by atoms with E-state index in [-0.39, 0.29) is 18.7 Å². The van der Waals surface area contributed by atoms with Crippen LogP contribution in [0.3, 0.4) is 0 Å². The first-order valence-electron chi connectivity index (χ1n) is 6.49. The molecule has 0 unspecified atom stereocenters. The van der Waals surface area contributed by atoms with Gasteiger partial charge in [0.1, 0.15) is 5.82 Å². The third-order valence-corrected chi connectivity index (χ3v) is 2.80. The second-order valence-electron chi connectivity index (χ2n) is 4.57. The Balaban J connectivity index is 1.77. The van der Waals surface area contributed by atoms with Crippen LogP contribution in [-0.2, 0) is 22.4 Å². The van der Waals surface area contributed by atoms with E-state index in [0.29, 0.717) is 5.56 Å². The van der Waals surface area contributed by atoms with Crippen molar-refractivity contribution in [1.82, 2.24) is 10.9 Å². The molecule has 4 nitrogen and oxygen atoms in total. The first-order chi connectivity index (χ1) is 10.1. The molecule has 2 rings (SSSR count). The molecule has 0 aliphatic carbocycles. The van der Waals surface area contributed by atoms with E-state index in [0.717, 1.165) is 5.56 Å². The zero-order valence-corrected chi connectivity index (χ0v) is 11.3. The van der Waals surface area contributed by atoms with Crippen LogP contribution in [0.1, 0.15) is 11.1 Å². The van der Waals surface area contributed by atoms with Gasteiger partial charge >= 0.3 is 0 Å². The van der Waals surface area contributed by atoms with Crippen LogP contribution < -0.4 is 10.9 Å². The smallest absolute Gasteiger partial charge is 0.242 e. The van der Waals surface area contributed by atoms with Gasteiger partial charge in [0.05, 0.1) is 12.8 Å². The van der Waals surface area contributed by atoms with Gasteiger partial charge in [-0.3, -0.25) is 20.4 Å². The predicted octanol–water partition coefficient (Wildman–Crippen LogP) is 1.76. The molecule has 2 aromatic rings. The normalized spacial score (nSPS) is 9.95. The maximum atomic E-state index is 13.0. The van der Waals surface area contributed by atoms with Crippen molar-refractivity contribution in [1.29, 1.82) is 0 Å². The summed E-state index contributed by atoms with van der Waals surface area (Å²) in [5.41, 5.74) is 6.05. The molecule has 0 aliphatic heterocycles. The molecule has 5 heteroatoms. The number of rotatable bonds is 4. The van der Waals surface area contributed by atoms with Gasteiger partial charge in [-0.1, -0.05) is 42.5 Å². The van der Waals surface area contributed by atoms with Crippen molar-refractivity contribution < 1.29 is 14.0 Å². The number of hydrazine groups is 1. The summed E-state index contributed by atoms with van der Waals surface area (Å²) in [6.45, 7) is 0. The number of carbonyl (C=O) groups excluding carboxylic acids is 2. The minimum absolute atomic E-state index is 0.00335. The highest BCUT2D eigenvalue weighted by Gasteiger charge is 2.07. The number of halogens is 1. The van der Waals surface area contributed by atoms with Gasteiger partial charge in [-0.15, -0.1) is 0 Å². The van der Waals surface area contributed by atoms with Gasteiger partial charge in [-0.2, -0.15) is 0 Å². The van der Waals surface area contributed by atoms with E-state index in [9.17, 15) is 14.0 Å². The van der Waals surface area contributed by atoms with Crippen molar-refractivity contribution in [2.24, 2.45) is 0 Å². The summed E-state index contributed by atoms with van der Waals surface area (Å²) in [4.78, 5) is 23.3. The Labute approximate surface area is 122 Å². The average molecular weight is 286 g/mol. The van der Waals surface area contributed by atoms with Gasteiger partial charge in [-0.05, 0) is 23.3 Å². The van der Waals surface area contributed by atoms with E-state index in [1.807, 2.05) is 30.3 Å². The SMILES string of the molecule is O=C(Cc1ccccc1)NNC(=O)Cc1cccc(F)c1. The van der Waals surface area contributed by atoms with Gasteiger partial charge in [0.25, 0.3) is 0 Å². The van der Waals surface area contributed by atoms with Crippen LogP contribution in [-0.4, -0.2) is 11.8 Å². The number of carbonyl (C=O) groups is 2. The van der Waals surface area contributed by atoms with E-state index >= 15 is 0 Å². The van der Waals surface area contributed by atoms with Crippen LogP contribution in [0.15, 0.2) is 54.6 Å². The molecule has 0 saturated carbocycles. The fourth-order valence-electron chi connectivity index (χ4n) is 1.84. The third kappa shape index (κ3) is 5.06. The fourth-order valence-corrected chi connectivity index (χ4v) is 1.84. The number of hydrogen-bond acceptors (Lipinski definition) is 2. The molecule has 0 aromatic heterocycles. The zero-order chi connectivity index (χ0) is 15.1. The predicted molar refractivity (Wildman–Crippen MR) is 76.5 cm³/mol. The van der Waals surface area contributed by atoms with Crippen molar-refractivity contribution in [3.8, 4) is 0 Å². The Kier molecular flexibility index (Phi) is 5.04. The number of nitrogens with one attached hydrogen (secondary N) is 2. The minimum Gasteiger partial charge on any atom is -0.273 e. The number of benzene rings is 2. The summed E-state index contributed by atoms with van der Waals surface area (Å²) >= 11 is 0. The molecule has 0 saturated heterocycles. The molecule has 0 fully saturated rings. The lowest BCUT2D eigenvalue weighted by atomic mass is 10.1. The molecule has 2 N–H and O–H groups in total. The Bertz CT molecular complexity index is 629. The first-order valence-corrected chi connectivity index (χ1v) is 6.49. The molecule has 108 valence electrons. The number of amides is 2. The highest BCUT2D eigenvalue weighted by atomic mass is 19.1. The standard InChI is InChI=1S/C16H15FN2O2/c17-14-8-4-7-13(9-14)11-16(21)19-18-15(20)10-12-5-2-1-3-6-12/h1-9H,10-11H2,(H,18,20)(H,19,21). The molecule has 0 heterocycles. The summed E-state index contributed by atoms with van der Waals surface area (Å²) in [5, 5.41) is 0. The van der Waals surface area contributed by atoms with E-state index < -0.39 is 11.7 Å². The van der Waals surface area contributed by atoms with Gasteiger partial charge < -0.3 is 0 Å². The third-order valence-electron chi connectivity index (χ3n) is 2.80. The van der Waals surface area contributed by atoms with Crippen molar-refractivity contribution in [2.45, 2.75) is 12.8 Å². The molecule has 2 aromatic carbocycles. The highest BCUT2D eigenvalue weighted by Crippen LogP contribution is 2.04. The fraction of sp³-hybridized carbons (Fsp3) is 0.125. The highest BCUT2D eigenvalue weighted by molar-refractivity contribution is 5.84. The molecule has 0 radical (unpaired) electrons. The van der Waals surface area contributed by atoms with Crippen LogP contribution in [0.4, 0.5) is 4.39 Å². The summed E-state index contributed by atoms with van der Waals surface area (Å²) in [6, 6.07) is 15.0. The number of hydrogen-bond donors (Lipinski definition) is 2. The Morgan fingerprint density at radius 1 is 0.810 bits per heavy atom. The van der Waals surface area contributed by atoms with Crippen molar-refractivity contribution >= 4 is 11.8 Å². The summed E-state index contributed by atoms with van der Waals surface area (Å²) in [5.74, 6) is -1.11. The molecule has 0 atom stereocenters. The van der Waals surface area contributed by atoms with Gasteiger partial charge in [-0.25, -0.2) is 4.39 Å². The molecule has 21 heavy (non-hydrogen) atoms. The second-order valence-corrected chi connectivity index (χ2v) is 4.57. The summed E-state index contributed by atoms with van der Waals surface area (Å²) in [6.07, 6.45) is 0.185. The summed E-state index contributed by atoms with van der Waals surface area (Å²) < 4.78 is 13.0. The van der Waals surface area contributed by atoms with E-state index in [1.54, 1.807) is 6.07 Å². The van der Waals surface area contributed by atoms with Gasteiger partial charge in [0.2, 0.25) is 11.8 Å². The second kappa shape index (κ2) is 7.19. The van der Waals surface area contributed by atoms with Gasteiger partial charge in [0, 0.05) is 0 Å². The summed E-state index contributed by atoms with van der Waals surface area (Å²) in [7, 11) is 0. The van der Waals surface area contributed by atoms with Crippen molar-refractivity contribution in [3.63, 3.8) is 0 Å². The molecular weight excluding hydrogens is 271 g/mol. The molecule has 2 amide bonds. The Morgan fingerprint density at radius 2 is 1.38 bits per heavy atom. The molecule has 0 bridgehead atoms. The largest absolute Gasteiger partial charge is 0.273 e. The minimum atomic E-state index is -0.401. The maximum absolute atomic E-state index is 13.0. The molecule has 0 spiro atoms. The lowest BCUT2D eigenvalue weighted by molar-refractivity contribution is -0.128. The maximum Gasteiger partial charge on any atom is 0.242 e. The van der Waals surface area contributed by atoms with Crippen molar-refractivity contribution in [3.05, 3.63) is 71.5 Å². The first kappa shape index (κ1) is 14.7.